The number of hydrogen-bond donors (Lipinski definition) is 0. The van der Waals surface area contributed by atoms with Crippen LogP contribution in [0.25, 0.3) is 0 Å². The number of alkyl halides is 2. The number of Topliss-reactive ketones (excluding diaryl/α,β-unsaturated/α-hetero) is 1. The van der Waals surface area contributed by atoms with Gasteiger partial charge in [0.15, 0.2) is 5.78 Å². The zero-order valence-corrected chi connectivity index (χ0v) is 11.8. The molecule has 2 nitrogen and oxygen atoms in total. The van der Waals surface area contributed by atoms with E-state index in [1.807, 2.05) is 0 Å². The van der Waals surface area contributed by atoms with Crippen molar-refractivity contribution in [3.05, 3.63) is 34.6 Å². The molecule has 0 radical (unpaired) electrons. The van der Waals surface area contributed by atoms with Gasteiger partial charge in [-0.15, -0.1) is 0 Å². The summed E-state index contributed by atoms with van der Waals surface area (Å²) in [5.74, 6) is -6.00. The van der Waals surface area contributed by atoms with Gasteiger partial charge >= 0.3 is 0 Å². The zero-order chi connectivity index (χ0) is 15.6. The van der Waals surface area contributed by atoms with Crippen molar-refractivity contribution in [3.8, 4) is 6.07 Å². The summed E-state index contributed by atoms with van der Waals surface area (Å²) >= 11 is 5.65. The summed E-state index contributed by atoms with van der Waals surface area (Å²) in [6.07, 6.45) is -0.711. The summed E-state index contributed by atoms with van der Waals surface area (Å²) < 4.78 is 40.2. The molecule has 0 aromatic heterocycles. The number of rotatable bonds is 3. The lowest BCUT2D eigenvalue weighted by Gasteiger charge is -2.28. The molecule has 0 spiro atoms. The largest absolute Gasteiger partial charge is 0.298 e. The fraction of sp³-hybridized carbons (Fsp3) is 0.467. The van der Waals surface area contributed by atoms with Gasteiger partial charge in [-0.25, -0.2) is 13.2 Å². The fourth-order valence-corrected chi connectivity index (χ4v) is 2.77. The fourth-order valence-electron chi connectivity index (χ4n) is 2.59. The van der Waals surface area contributed by atoms with E-state index in [9.17, 15) is 18.0 Å². The van der Waals surface area contributed by atoms with Gasteiger partial charge in [-0.3, -0.25) is 4.79 Å². The van der Waals surface area contributed by atoms with Crippen LogP contribution in [-0.2, 0) is 4.79 Å². The van der Waals surface area contributed by atoms with E-state index in [2.05, 4.69) is 0 Å². The molecule has 1 saturated carbocycles. The van der Waals surface area contributed by atoms with Crippen LogP contribution in [0, 0.1) is 23.1 Å². The van der Waals surface area contributed by atoms with Crippen LogP contribution < -0.4 is 0 Å². The Hall–Kier alpha value is -1.54. The quantitative estimate of drug-likeness (QED) is 0.825. The van der Waals surface area contributed by atoms with Crippen LogP contribution >= 0.6 is 11.6 Å². The lowest BCUT2D eigenvalue weighted by molar-refractivity contribution is -0.127. The van der Waals surface area contributed by atoms with Crippen molar-refractivity contribution in [1.82, 2.24) is 0 Å². The molecule has 0 amide bonds. The van der Waals surface area contributed by atoms with Crippen LogP contribution in [0.15, 0.2) is 18.2 Å². The number of benzene rings is 1. The topological polar surface area (TPSA) is 40.9 Å². The monoisotopic (exact) mass is 315 g/mol. The molecule has 1 fully saturated rings. The van der Waals surface area contributed by atoms with Crippen LogP contribution in [-0.4, -0.2) is 11.7 Å². The van der Waals surface area contributed by atoms with Crippen LogP contribution in [0.5, 0.6) is 0 Å². The third kappa shape index (κ3) is 3.38. The predicted octanol–water partition coefficient (Wildman–Crippen LogP) is 4.48. The van der Waals surface area contributed by atoms with E-state index < -0.39 is 29.4 Å². The number of nitriles is 1. The highest BCUT2D eigenvalue weighted by molar-refractivity contribution is 6.30. The molecular weight excluding hydrogens is 303 g/mol. The molecule has 1 aliphatic rings. The van der Waals surface area contributed by atoms with Gasteiger partial charge < -0.3 is 0 Å². The van der Waals surface area contributed by atoms with Gasteiger partial charge in [0.1, 0.15) is 11.7 Å². The molecule has 0 aliphatic heterocycles. The lowest BCUT2D eigenvalue weighted by Crippen LogP contribution is -2.31. The summed E-state index contributed by atoms with van der Waals surface area (Å²) in [7, 11) is 0. The van der Waals surface area contributed by atoms with E-state index in [4.69, 9.17) is 16.9 Å². The Kier molecular flexibility index (Phi) is 4.58. The molecule has 1 aromatic carbocycles. The Bertz CT molecular complexity index is 587. The van der Waals surface area contributed by atoms with Gasteiger partial charge in [0.25, 0.3) is 0 Å². The highest BCUT2D eigenvalue weighted by Crippen LogP contribution is 2.39. The molecule has 1 atom stereocenters. The molecule has 112 valence electrons. The Morgan fingerprint density at radius 2 is 2.00 bits per heavy atom. The Balaban J connectivity index is 2.21. The van der Waals surface area contributed by atoms with Gasteiger partial charge in [-0.2, -0.15) is 5.26 Å². The summed E-state index contributed by atoms with van der Waals surface area (Å²) in [6, 6.07) is 5.86. The van der Waals surface area contributed by atoms with Crippen molar-refractivity contribution in [2.24, 2.45) is 5.92 Å². The summed E-state index contributed by atoms with van der Waals surface area (Å²) in [5, 5.41) is 9.00. The van der Waals surface area contributed by atoms with Gasteiger partial charge in [-0.1, -0.05) is 23.7 Å². The zero-order valence-electron chi connectivity index (χ0n) is 11.1. The van der Waals surface area contributed by atoms with Crippen LogP contribution in [0.3, 0.4) is 0 Å². The average molecular weight is 316 g/mol. The Morgan fingerprint density at radius 1 is 1.38 bits per heavy atom. The molecule has 21 heavy (non-hydrogen) atoms. The minimum Gasteiger partial charge on any atom is -0.298 e. The highest BCUT2D eigenvalue weighted by Gasteiger charge is 2.40. The van der Waals surface area contributed by atoms with Crippen molar-refractivity contribution in [1.29, 1.82) is 5.26 Å². The third-order valence-corrected chi connectivity index (χ3v) is 4.12. The molecule has 0 heterocycles. The highest BCUT2D eigenvalue weighted by atomic mass is 35.5. The van der Waals surface area contributed by atoms with E-state index in [0.717, 1.165) is 0 Å². The van der Waals surface area contributed by atoms with Crippen molar-refractivity contribution >= 4 is 17.4 Å². The summed E-state index contributed by atoms with van der Waals surface area (Å²) in [5.41, 5.74) is -0.0904. The second-order valence-corrected chi connectivity index (χ2v) is 5.64. The lowest BCUT2D eigenvalue weighted by atomic mass is 9.78. The summed E-state index contributed by atoms with van der Waals surface area (Å²) in [4.78, 5) is 12.3. The first-order chi connectivity index (χ1) is 9.85. The van der Waals surface area contributed by atoms with Crippen molar-refractivity contribution in [3.63, 3.8) is 0 Å². The van der Waals surface area contributed by atoms with Crippen LogP contribution in [0.1, 0.15) is 37.2 Å². The second kappa shape index (κ2) is 6.07. The maximum Gasteiger partial charge on any atom is 0.248 e. The number of halogens is 4. The number of ketones is 1. The molecule has 0 N–H and O–H groups in total. The first kappa shape index (κ1) is 15.8. The summed E-state index contributed by atoms with van der Waals surface area (Å²) in [6.45, 7) is 0. The van der Waals surface area contributed by atoms with Gasteiger partial charge in [-0.05, 0) is 18.9 Å². The molecular formula is C15H13ClF3NO. The van der Waals surface area contributed by atoms with Gasteiger partial charge in [0.05, 0.1) is 11.1 Å². The number of nitrogens with zero attached hydrogens (tertiary/aromatic N) is 1. The van der Waals surface area contributed by atoms with Crippen molar-refractivity contribution in [2.45, 2.75) is 37.5 Å². The first-order valence-electron chi connectivity index (χ1n) is 6.61. The molecule has 1 unspecified atom stereocenters. The number of carbonyl (C=O) groups excluding carboxylic acids is 1. The van der Waals surface area contributed by atoms with Gasteiger partial charge in [0, 0.05) is 24.3 Å². The van der Waals surface area contributed by atoms with E-state index in [-0.39, 0.29) is 36.3 Å². The molecule has 6 heteroatoms. The van der Waals surface area contributed by atoms with Crippen LogP contribution in [0.4, 0.5) is 13.2 Å². The van der Waals surface area contributed by atoms with Crippen molar-refractivity contribution < 1.29 is 18.0 Å². The van der Waals surface area contributed by atoms with E-state index in [1.165, 1.54) is 18.2 Å². The average Bonchev–Trinajstić information content (AvgIpc) is 2.44. The maximum atomic E-state index is 13.9. The van der Waals surface area contributed by atoms with E-state index >= 15 is 0 Å². The Labute approximate surface area is 125 Å². The SMILES string of the molecule is N#CC(C(=O)C1CCC(F)(F)CC1)c1cccc(Cl)c1F. The first-order valence-corrected chi connectivity index (χ1v) is 6.98. The predicted molar refractivity (Wildman–Crippen MR) is 71.7 cm³/mol. The minimum absolute atomic E-state index is 0.0200. The second-order valence-electron chi connectivity index (χ2n) is 5.24. The molecule has 1 aliphatic carbocycles. The third-order valence-electron chi connectivity index (χ3n) is 3.83. The van der Waals surface area contributed by atoms with Crippen LogP contribution in [0.2, 0.25) is 5.02 Å². The van der Waals surface area contributed by atoms with Crippen molar-refractivity contribution in [2.75, 3.05) is 0 Å². The smallest absolute Gasteiger partial charge is 0.248 e. The minimum atomic E-state index is -2.75. The standard InChI is InChI=1S/C15H13ClF3NO/c16-12-3-1-2-10(13(12)17)11(8-20)14(21)9-4-6-15(18,19)7-5-9/h1-3,9,11H,4-7H2. The molecule has 2 rings (SSSR count). The normalized spacial score (nSPS) is 19.8. The molecule has 1 aromatic rings. The maximum absolute atomic E-state index is 13.9. The number of hydrogen-bond acceptors (Lipinski definition) is 2. The van der Waals surface area contributed by atoms with E-state index in [0.29, 0.717) is 0 Å². The van der Waals surface area contributed by atoms with Gasteiger partial charge in [0.2, 0.25) is 5.92 Å². The van der Waals surface area contributed by atoms with E-state index in [1.54, 1.807) is 6.07 Å². The Morgan fingerprint density at radius 3 is 2.57 bits per heavy atom. The molecule has 0 saturated heterocycles. The molecule has 0 bridgehead atoms. The number of carbonyl (C=O) groups is 1.